The lowest BCUT2D eigenvalue weighted by atomic mass is 9.82. The summed E-state index contributed by atoms with van der Waals surface area (Å²) in [6.45, 7) is 5.25. The van der Waals surface area contributed by atoms with Gasteiger partial charge in [0.05, 0.1) is 6.54 Å². The van der Waals surface area contributed by atoms with Crippen LogP contribution in [0.5, 0.6) is 0 Å². The number of hydrogen-bond donors (Lipinski definition) is 1. The molecule has 15 heavy (non-hydrogen) atoms. The minimum absolute atomic E-state index is 0.309. The van der Waals surface area contributed by atoms with E-state index >= 15 is 0 Å². The summed E-state index contributed by atoms with van der Waals surface area (Å²) in [6.07, 6.45) is 3.69. The molecule has 0 spiro atoms. The molecule has 1 aliphatic carbocycles. The van der Waals surface area contributed by atoms with Crippen LogP contribution in [0.15, 0.2) is 4.52 Å². The molecule has 1 unspecified atom stereocenters. The predicted molar refractivity (Wildman–Crippen MR) is 57.4 cm³/mol. The van der Waals surface area contributed by atoms with E-state index in [2.05, 4.69) is 29.3 Å². The van der Waals surface area contributed by atoms with Crippen LogP contribution in [0.3, 0.4) is 0 Å². The molecule has 1 aromatic rings. The number of nitrogens with zero attached hydrogens (tertiary/aromatic N) is 2. The summed E-state index contributed by atoms with van der Waals surface area (Å²) in [5, 5.41) is 6.99. The normalized spacial score (nSPS) is 24.6. The minimum Gasteiger partial charge on any atom is -0.339 e. The molecule has 1 aromatic heterocycles. The van der Waals surface area contributed by atoms with Gasteiger partial charge in [0.1, 0.15) is 0 Å². The summed E-state index contributed by atoms with van der Waals surface area (Å²) in [5.74, 6) is 2.02. The van der Waals surface area contributed by atoms with Gasteiger partial charge in [0.15, 0.2) is 5.82 Å². The molecule has 84 valence electrons. The number of aromatic nitrogens is 2. The smallest absolute Gasteiger partial charge is 0.230 e. The van der Waals surface area contributed by atoms with Gasteiger partial charge in [0.25, 0.3) is 0 Å². The van der Waals surface area contributed by atoms with Crippen molar-refractivity contribution < 1.29 is 4.52 Å². The van der Waals surface area contributed by atoms with Gasteiger partial charge in [-0.2, -0.15) is 4.98 Å². The Balaban J connectivity index is 2.15. The Morgan fingerprint density at radius 1 is 1.53 bits per heavy atom. The number of hydrogen-bond acceptors (Lipinski definition) is 4. The Labute approximate surface area is 90.4 Å². The highest BCUT2D eigenvalue weighted by molar-refractivity contribution is 5.03. The van der Waals surface area contributed by atoms with Gasteiger partial charge in [-0.25, -0.2) is 0 Å². The van der Waals surface area contributed by atoms with Crippen molar-refractivity contribution in [2.45, 2.75) is 45.6 Å². The van der Waals surface area contributed by atoms with Gasteiger partial charge < -0.3 is 9.84 Å². The molecule has 1 saturated carbocycles. The van der Waals surface area contributed by atoms with E-state index in [-0.39, 0.29) is 0 Å². The highest BCUT2D eigenvalue weighted by Gasteiger charge is 2.38. The maximum Gasteiger partial charge on any atom is 0.230 e. The standard InChI is InChI=1S/C11H19N3O/c1-11(2)6-4-5-8(11)10-13-9(7-12-3)14-15-10/h8,12H,4-7H2,1-3H3. The second-order valence-corrected chi connectivity index (χ2v) is 5.01. The van der Waals surface area contributed by atoms with Gasteiger partial charge in [-0.3, -0.25) is 0 Å². The maximum absolute atomic E-state index is 5.34. The van der Waals surface area contributed by atoms with E-state index in [9.17, 15) is 0 Å². The molecule has 1 heterocycles. The lowest BCUT2D eigenvalue weighted by Crippen LogP contribution is -2.16. The monoisotopic (exact) mass is 209 g/mol. The molecule has 4 heteroatoms. The van der Waals surface area contributed by atoms with Crippen LogP contribution in [0.25, 0.3) is 0 Å². The SMILES string of the molecule is CNCc1noc(C2CCCC2(C)C)n1. The Morgan fingerprint density at radius 3 is 2.93 bits per heavy atom. The van der Waals surface area contributed by atoms with Gasteiger partial charge in [-0.1, -0.05) is 25.4 Å². The van der Waals surface area contributed by atoms with Crippen LogP contribution < -0.4 is 5.32 Å². The molecule has 0 radical (unpaired) electrons. The third-order valence-corrected chi connectivity index (χ3v) is 3.37. The summed E-state index contributed by atoms with van der Waals surface area (Å²) in [6, 6.07) is 0. The minimum atomic E-state index is 0.309. The summed E-state index contributed by atoms with van der Waals surface area (Å²) in [5.41, 5.74) is 0.309. The molecule has 0 bridgehead atoms. The van der Waals surface area contributed by atoms with Crippen LogP contribution in [-0.4, -0.2) is 17.2 Å². The van der Waals surface area contributed by atoms with Crippen molar-refractivity contribution in [3.05, 3.63) is 11.7 Å². The molecule has 1 atom stereocenters. The quantitative estimate of drug-likeness (QED) is 0.828. The third kappa shape index (κ3) is 2.04. The topological polar surface area (TPSA) is 51.0 Å². The fraction of sp³-hybridized carbons (Fsp3) is 0.818. The zero-order valence-corrected chi connectivity index (χ0v) is 9.71. The zero-order chi connectivity index (χ0) is 10.9. The van der Waals surface area contributed by atoms with E-state index < -0.39 is 0 Å². The first kappa shape index (κ1) is 10.6. The van der Waals surface area contributed by atoms with E-state index in [1.54, 1.807) is 0 Å². The Hall–Kier alpha value is -0.900. The van der Waals surface area contributed by atoms with Crippen molar-refractivity contribution in [1.82, 2.24) is 15.5 Å². The van der Waals surface area contributed by atoms with Crippen molar-refractivity contribution in [1.29, 1.82) is 0 Å². The lowest BCUT2D eigenvalue weighted by molar-refractivity contribution is 0.260. The average Bonchev–Trinajstić information content (AvgIpc) is 2.72. The van der Waals surface area contributed by atoms with Gasteiger partial charge in [0, 0.05) is 5.92 Å². The first-order valence-corrected chi connectivity index (χ1v) is 5.60. The Bertz CT molecular complexity index is 332. The van der Waals surface area contributed by atoms with Crippen molar-refractivity contribution in [2.75, 3.05) is 7.05 Å². The summed E-state index contributed by atoms with van der Waals surface area (Å²) >= 11 is 0. The predicted octanol–water partition coefficient (Wildman–Crippen LogP) is 2.08. The van der Waals surface area contributed by atoms with Crippen molar-refractivity contribution >= 4 is 0 Å². The fourth-order valence-corrected chi connectivity index (χ4v) is 2.42. The first-order chi connectivity index (χ1) is 7.13. The molecular weight excluding hydrogens is 190 g/mol. The Morgan fingerprint density at radius 2 is 2.33 bits per heavy atom. The summed E-state index contributed by atoms with van der Waals surface area (Å²) in [7, 11) is 1.88. The van der Waals surface area contributed by atoms with Crippen LogP contribution in [0, 0.1) is 5.41 Å². The molecule has 1 N–H and O–H groups in total. The molecule has 0 saturated heterocycles. The van der Waals surface area contributed by atoms with Crippen molar-refractivity contribution in [3.63, 3.8) is 0 Å². The number of rotatable bonds is 3. The fourth-order valence-electron chi connectivity index (χ4n) is 2.42. The van der Waals surface area contributed by atoms with Gasteiger partial charge in [0.2, 0.25) is 5.89 Å². The van der Waals surface area contributed by atoms with E-state index in [0.717, 1.165) is 11.7 Å². The number of nitrogens with one attached hydrogen (secondary N) is 1. The van der Waals surface area contributed by atoms with E-state index in [4.69, 9.17) is 4.52 Å². The van der Waals surface area contributed by atoms with Crippen LogP contribution in [-0.2, 0) is 6.54 Å². The molecule has 4 nitrogen and oxygen atoms in total. The second kappa shape index (κ2) is 3.93. The molecule has 1 fully saturated rings. The highest BCUT2D eigenvalue weighted by Crippen LogP contribution is 2.48. The lowest BCUT2D eigenvalue weighted by Gasteiger charge is -2.23. The summed E-state index contributed by atoms with van der Waals surface area (Å²) < 4.78 is 5.34. The van der Waals surface area contributed by atoms with Gasteiger partial charge in [-0.05, 0) is 25.3 Å². The van der Waals surface area contributed by atoms with Crippen LogP contribution in [0.1, 0.15) is 50.7 Å². The Kier molecular flexibility index (Phi) is 2.78. The molecule has 0 aromatic carbocycles. The van der Waals surface area contributed by atoms with Crippen molar-refractivity contribution in [2.24, 2.45) is 5.41 Å². The molecular formula is C11H19N3O. The largest absolute Gasteiger partial charge is 0.339 e. The van der Waals surface area contributed by atoms with E-state index in [1.165, 1.54) is 19.3 Å². The molecule has 1 aliphatic rings. The van der Waals surface area contributed by atoms with Crippen molar-refractivity contribution in [3.8, 4) is 0 Å². The van der Waals surface area contributed by atoms with Crippen LogP contribution in [0.2, 0.25) is 0 Å². The van der Waals surface area contributed by atoms with Gasteiger partial charge in [-0.15, -0.1) is 0 Å². The van der Waals surface area contributed by atoms with E-state index in [0.29, 0.717) is 17.9 Å². The van der Waals surface area contributed by atoms with E-state index in [1.807, 2.05) is 7.05 Å². The zero-order valence-electron chi connectivity index (χ0n) is 9.71. The summed E-state index contributed by atoms with van der Waals surface area (Å²) in [4.78, 5) is 4.44. The molecule has 2 rings (SSSR count). The molecule has 0 amide bonds. The van der Waals surface area contributed by atoms with Crippen LogP contribution >= 0.6 is 0 Å². The third-order valence-electron chi connectivity index (χ3n) is 3.37. The van der Waals surface area contributed by atoms with Gasteiger partial charge >= 0.3 is 0 Å². The molecule has 0 aliphatic heterocycles. The maximum atomic E-state index is 5.34. The van der Waals surface area contributed by atoms with Crippen LogP contribution in [0.4, 0.5) is 0 Å². The highest BCUT2D eigenvalue weighted by atomic mass is 16.5. The average molecular weight is 209 g/mol. The first-order valence-electron chi connectivity index (χ1n) is 5.60. The second-order valence-electron chi connectivity index (χ2n) is 5.01.